The Hall–Kier alpha value is -1.98. The fraction of sp³-hybridized carbons (Fsp3) is 0.500. The summed E-state index contributed by atoms with van der Waals surface area (Å²) in [7, 11) is 0. The lowest BCUT2D eigenvalue weighted by atomic mass is 9.78. The molecule has 2 saturated heterocycles. The largest absolute Gasteiger partial charge is 0.379 e. The van der Waals surface area contributed by atoms with Gasteiger partial charge in [-0.05, 0) is 42.7 Å². The second kappa shape index (κ2) is 7.50. The summed E-state index contributed by atoms with van der Waals surface area (Å²) in [6.07, 6.45) is 9.92. The van der Waals surface area contributed by atoms with Gasteiger partial charge in [0.05, 0.1) is 25.1 Å². The second-order valence-corrected chi connectivity index (χ2v) is 7.32. The molecule has 0 N–H and O–H groups in total. The van der Waals surface area contributed by atoms with Gasteiger partial charge in [0, 0.05) is 56.7 Å². The summed E-state index contributed by atoms with van der Waals surface area (Å²) in [5.41, 5.74) is 2.85. The van der Waals surface area contributed by atoms with Crippen LogP contribution in [0.1, 0.15) is 18.4 Å². The van der Waals surface area contributed by atoms with E-state index in [1.54, 1.807) is 0 Å². The molecule has 132 valence electrons. The van der Waals surface area contributed by atoms with Crippen LogP contribution >= 0.6 is 0 Å². The van der Waals surface area contributed by atoms with E-state index in [1.165, 1.54) is 24.1 Å². The highest BCUT2D eigenvalue weighted by Crippen LogP contribution is 2.36. The van der Waals surface area contributed by atoms with Crippen molar-refractivity contribution >= 4 is 5.69 Å². The lowest BCUT2D eigenvalue weighted by molar-refractivity contribution is 0.0489. The van der Waals surface area contributed by atoms with Crippen molar-refractivity contribution in [3.05, 3.63) is 54.6 Å². The topological polar surface area (TPSA) is 41.5 Å². The Balaban J connectivity index is 1.41. The molecule has 5 heteroatoms. The van der Waals surface area contributed by atoms with Gasteiger partial charge in [-0.2, -0.15) is 0 Å². The van der Waals surface area contributed by atoms with E-state index < -0.39 is 0 Å². The molecule has 2 fully saturated rings. The molecule has 0 radical (unpaired) electrons. The number of nitrogens with zero attached hydrogens (tertiary/aromatic N) is 4. The zero-order valence-electron chi connectivity index (χ0n) is 14.7. The van der Waals surface area contributed by atoms with Gasteiger partial charge in [-0.3, -0.25) is 14.9 Å². The van der Waals surface area contributed by atoms with Crippen molar-refractivity contribution in [2.45, 2.75) is 19.4 Å². The molecule has 0 atom stereocenters. The SMILES string of the molecule is c1cncc(N2CCC3(CC2)COCCN(Cc2ccncc2)C3)c1. The van der Waals surface area contributed by atoms with Crippen LogP contribution in [0.4, 0.5) is 5.69 Å². The molecule has 0 aromatic carbocycles. The van der Waals surface area contributed by atoms with Gasteiger partial charge < -0.3 is 9.64 Å². The number of hydrogen-bond donors (Lipinski definition) is 0. The molecule has 0 unspecified atom stereocenters. The van der Waals surface area contributed by atoms with Gasteiger partial charge in [0.1, 0.15) is 0 Å². The molecule has 0 aliphatic carbocycles. The smallest absolute Gasteiger partial charge is 0.0593 e. The van der Waals surface area contributed by atoms with E-state index >= 15 is 0 Å². The van der Waals surface area contributed by atoms with Gasteiger partial charge >= 0.3 is 0 Å². The van der Waals surface area contributed by atoms with E-state index in [1.807, 2.05) is 30.9 Å². The minimum absolute atomic E-state index is 0.280. The van der Waals surface area contributed by atoms with Crippen LogP contribution in [0.3, 0.4) is 0 Å². The highest BCUT2D eigenvalue weighted by atomic mass is 16.5. The van der Waals surface area contributed by atoms with Crippen molar-refractivity contribution in [2.75, 3.05) is 44.3 Å². The molecule has 0 amide bonds. The number of piperidine rings is 1. The third-order valence-electron chi connectivity index (χ3n) is 5.51. The maximum Gasteiger partial charge on any atom is 0.0593 e. The van der Waals surface area contributed by atoms with Crippen LogP contribution < -0.4 is 4.90 Å². The Bertz CT molecular complexity index is 656. The normalized spacial score (nSPS) is 21.2. The molecule has 2 aliphatic rings. The van der Waals surface area contributed by atoms with E-state index in [4.69, 9.17) is 4.74 Å². The van der Waals surface area contributed by atoms with Gasteiger partial charge in [0.2, 0.25) is 0 Å². The van der Waals surface area contributed by atoms with Crippen molar-refractivity contribution in [2.24, 2.45) is 5.41 Å². The van der Waals surface area contributed by atoms with Gasteiger partial charge in [-0.1, -0.05) is 0 Å². The van der Waals surface area contributed by atoms with Crippen LogP contribution in [0.5, 0.6) is 0 Å². The van der Waals surface area contributed by atoms with E-state index in [0.717, 1.165) is 45.9 Å². The highest BCUT2D eigenvalue weighted by molar-refractivity contribution is 5.44. The number of pyridine rings is 2. The van der Waals surface area contributed by atoms with E-state index in [2.05, 4.69) is 38.0 Å². The number of ether oxygens (including phenoxy) is 1. The first-order valence-corrected chi connectivity index (χ1v) is 9.17. The number of hydrogen-bond acceptors (Lipinski definition) is 5. The van der Waals surface area contributed by atoms with Crippen molar-refractivity contribution in [1.82, 2.24) is 14.9 Å². The summed E-state index contributed by atoms with van der Waals surface area (Å²) < 4.78 is 6.01. The van der Waals surface area contributed by atoms with Crippen LogP contribution in [-0.2, 0) is 11.3 Å². The fourth-order valence-electron chi connectivity index (χ4n) is 4.05. The lowest BCUT2D eigenvalue weighted by Crippen LogP contribution is -2.47. The molecule has 2 aliphatic heterocycles. The molecular weight excluding hydrogens is 312 g/mol. The molecule has 1 spiro atoms. The first-order valence-electron chi connectivity index (χ1n) is 9.17. The Labute approximate surface area is 149 Å². The average Bonchev–Trinajstić information content (AvgIpc) is 2.86. The van der Waals surface area contributed by atoms with Crippen molar-refractivity contribution < 1.29 is 4.74 Å². The summed E-state index contributed by atoms with van der Waals surface area (Å²) in [6, 6.07) is 8.40. The zero-order chi connectivity index (χ0) is 17.0. The summed E-state index contributed by atoms with van der Waals surface area (Å²) >= 11 is 0. The zero-order valence-corrected chi connectivity index (χ0v) is 14.7. The Kier molecular flexibility index (Phi) is 4.95. The molecule has 2 aromatic rings. The fourth-order valence-corrected chi connectivity index (χ4v) is 4.05. The first kappa shape index (κ1) is 16.5. The van der Waals surface area contributed by atoms with E-state index in [0.29, 0.717) is 0 Å². The summed E-state index contributed by atoms with van der Waals surface area (Å²) in [4.78, 5) is 13.4. The molecule has 0 bridgehead atoms. The highest BCUT2D eigenvalue weighted by Gasteiger charge is 2.38. The molecule has 5 nitrogen and oxygen atoms in total. The summed E-state index contributed by atoms with van der Waals surface area (Å²) in [6.45, 7) is 7.00. The molecule has 2 aromatic heterocycles. The Morgan fingerprint density at radius 2 is 1.84 bits per heavy atom. The number of rotatable bonds is 3. The molecule has 0 saturated carbocycles. The van der Waals surface area contributed by atoms with Crippen LogP contribution in [0.25, 0.3) is 0 Å². The van der Waals surface area contributed by atoms with Crippen molar-refractivity contribution in [3.63, 3.8) is 0 Å². The molecule has 4 rings (SSSR count). The third-order valence-corrected chi connectivity index (χ3v) is 5.51. The van der Waals surface area contributed by atoms with E-state index in [-0.39, 0.29) is 5.41 Å². The van der Waals surface area contributed by atoms with Crippen LogP contribution in [0, 0.1) is 5.41 Å². The molecular formula is C20H26N4O. The van der Waals surface area contributed by atoms with Crippen LogP contribution in [-0.4, -0.2) is 54.3 Å². The predicted octanol–water partition coefficient (Wildman–Crippen LogP) is 2.60. The van der Waals surface area contributed by atoms with Crippen LogP contribution in [0.15, 0.2) is 49.1 Å². The van der Waals surface area contributed by atoms with Gasteiger partial charge in [-0.25, -0.2) is 0 Å². The molecule has 25 heavy (non-hydrogen) atoms. The third kappa shape index (κ3) is 3.99. The summed E-state index contributed by atoms with van der Waals surface area (Å²) in [5, 5.41) is 0. The van der Waals surface area contributed by atoms with Gasteiger partial charge in [0.15, 0.2) is 0 Å². The van der Waals surface area contributed by atoms with Crippen LogP contribution in [0.2, 0.25) is 0 Å². The van der Waals surface area contributed by atoms with Gasteiger partial charge in [-0.15, -0.1) is 0 Å². The minimum Gasteiger partial charge on any atom is -0.379 e. The quantitative estimate of drug-likeness (QED) is 0.860. The predicted molar refractivity (Wildman–Crippen MR) is 98.5 cm³/mol. The standard InChI is InChI=1S/C20H26N4O/c1-2-19(14-22-7-1)24-10-5-20(6-11-24)16-23(12-13-25-17-20)15-18-3-8-21-9-4-18/h1-4,7-9,14H,5-6,10-13,15-17H2. The molecule has 4 heterocycles. The first-order chi connectivity index (χ1) is 12.3. The monoisotopic (exact) mass is 338 g/mol. The Morgan fingerprint density at radius 1 is 1.00 bits per heavy atom. The number of aromatic nitrogens is 2. The van der Waals surface area contributed by atoms with Crippen molar-refractivity contribution in [3.8, 4) is 0 Å². The average molecular weight is 338 g/mol. The minimum atomic E-state index is 0.280. The van der Waals surface area contributed by atoms with Gasteiger partial charge in [0.25, 0.3) is 0 Å². The number of anilines is 1. The lowest BCUT2D eigenvalue weighted by Gasteiger charge is -2.43. The summed E-state index contributed by atoms with van der Waals surface area (Å²) in [5.74, 6) is 0. The maximum absolute atomic E-state index is 6.01. The van der Waals surface area contributed by atoms with E-state index in [9.17, 15) is 0 Å². The maximum atomic E-state index is 6.01. The van der Waals surface area contributed by atoms with Crippen molar-refractivity contribution in [1.29, 1.82) is 0 Å². The Morgan fingerprint density at radius 3 is 2.60 bits per heavy atom. The second-order valence-electron chi connectivity index (χ2n) is 7.32.